The summed E-state index contributed by atoms with van der Waals surface area (Å²) in [4.78, 5) is 8.58. The second-order valence-corrected chi connectivity index (χ2v) is 5.68. The maximum atomic E-state index is 5.82. The van der Waals surface area contributed by atoms with E-state index < -0.39 is 0 Å². The highest BCUT2D eigenvalue weighted by Crippen LogP contribution is 2.22. The quantitative estimate of drug-likeness (QED) is 0.786. The molecule has 3 heterocycles. The van der Waals surface area contributed by atoms with Crippen molar-refractivity contribution in [3.63, 3.8) is 0 Å². The van der Waals surface area contributed by atoms with Crippen LogP contribution in [-0.2, 0) is 0 Å². The Kier molecular flexibility index (Phi) is 3.36. The van der Waals surface area contributed by atoms with E-state index in [1.165, 1.54) is 0 Å². The predicted octanol–water partition coefficient (Wildman–Crippen LogP) is 3.56. The molecule has 0 bridgehead atoms. The highest BCUT2D eigenvalue weighted by molar-refractivity contribution is 8.14. The van der Waals surface area contributed by atoms with Gasteiger partial charge in [0.1, 0.15) is 11.3 Å². The van der Waals surface area contributed by atoms with Gasteiger partial charge < -0.3 is 4.42 Å². The van der Waals surface area contributed by atoms with Crippen LogP contribution in [0.15, 0.2) is 69.2 Å². The van der Waals surface area contributed by atoms with Crippen LogP contribution in [0.5, 0.6) is 0 Å². The number of hydrogen-bond donors (Lipinski definition) is 1. The molecule has 0 aliphatic carbocycles. The van der Waals surface area contributed by atoms with Gasteiger partial charge in [0, 0.05) is 17.3 Å². The first kappa shape index (κ1) is 13.1. The highest BCUT2D eigenvalue weighted by atomic mass is 32.2. The molecule has 0 fully saturated rings. The van der Waals surface area contributed by atoms with E-state index in [1.54, 1.807) is 18.0 Å². The summed E-state index contributed by atoms with van der Waals surface area (Å²) in [5.41, 5.74) is 4.71. The van der Waals surface area contributed by atoms with Gasteiger partial charge in [-0.15, -0.1) is 0 Å². The normalized spacial score (nSPS) is 16.5. The van der Waals surface area contributed by atoms with Crippen LogP contribution >= 0.6 is 11.8 Å². The van der Waals surface area contributed by atoms with E-state index in [4.69, 9.17) is 4.42 Å². The van der Waals surface area contributed by atoms with Crippen LogP contribution < -0.4 is 5.43 Å². The molecule has 1 aliphatic heterocycles. The fourth-order valence-corrected chi connectivity index (χ4v) is 2.90. The molecule has 0 radical (unpaired) electrons. The highest BCUT2D eigenvalue weighted by Gasteiger charge is 2.16. The predicted molar refractivity (Wildman–Crippen MR) is 89.7 cm³/mol. The van der Waals surface area contributed by atoms with Gasteiger partial charge in [0.05, 0.1) is 0 Å². The number of nitrogens with zero attached hydrogens (tertiary/aromatic N) is 3. The molecule has 1 N–H and O–H groups in total. The van der Waals surface area contributed by atoms with Crippen LogP contribution in [0.3, 0.4) is 0 Å². The van der Waals surface area contributed by atoms with Crippen LogP contribution in [0.1, 0.15) is 5.76 Å². The maximum Gasteiger partial charge on any atom is 0.184 e. The van der Waals surface area contributed by atoms with Gasteiger partial charge in [-0.05, 0) is 24.3 Å². The Labute approximate surface area is 131 Å². The standard InChI is InChI=1S/C16H12N4OS/c1-2-6-13-11(5-1)9-14(21-13)12-10-22-16(20-19-12)18-15-7-3-4-8-17-15/h1-9H,10H2,(H,17,18,20). The molecule has 0 saturated carbocycles. The molecule has 0 atom stereocenters. The molecular formula is C16H12N4OS. The molecule has 3 aromatic rings. The molecule has 5 nitrogen and oxygen atoms in total. The van der Waals surface area contributed by atoms with Gasteiger partial charge in [-0.2, -0.15) is 5.10 Å². The van der Waals surface area contributed by atoms with E-state index in [0.717, 1.165) is 27.6 Å². The first-order valence-corrected chi connectivity index (χ1v) is 7.81. The van der Waals surface area contributed by atoms with Crippen molar-refractivity contribution >= 4 is 39.4 Å². The first-order valence-electron chi connectivity index (χ1n) is 6.82. The molecule has 2 aromatic heterocycles. The number of benzene rings is 1. The number of para-hydroxylation sites is 1. The molecule has 6 heteroatoms. The molecule has 0 saturated heterocycles. The fourth-order valence-electron chi connectivity index (χ4n) is 2.15. The SMILES string of the molecule is c1ccc(N=C2NN=C(c3cc4ccccc4o3)CS2)nc1. The van der Waals surface area contributed by atoms with Crippen molar-refractivity contribution in [1.29, 1.82) is 0 Å². The number of hydrogen-bond acceptors (Lipinski definition) is 5. The molecule has 0 amide bonds. The summed E-state index contributed by atoms with van der Waals surface area (Å²) >= 11 is 1.58. The van der Waals surface area contributed by atoms with E-state index in [0.29, 0.717) is 11.6 Å². The Bertz CT molecular complexity index is 837. The lowest BCUT2D eigenvalue weighted by Gasteiger charge is -2.12. The minimum atomic E-state index is 0.667. The molecule has 0 spiro atoms. The van der Waals surface area contributed by atoms with Crippen LogP contribution in [0.4, 0.5) is 5.82 Å². The summed E-state index contributed by atoms with van der Waals surface area (Å²) in [5.74, 6) is 2.16. The molecule has 1 aromatic carbocycles. The largest absolute Gasteiger partial charge is 0.455 e. The number of aliphatic imine (C=N–C) groups is 1. The van der Waals surface area contributed by atoms with E-state index in [1.807, 2.05) is 48.5 Å². The van der Waals surface area contributed by atoms with Gasteiger partial charge in [0.25, 0.3) is 0 Å². The first-order chi connectivity index (χ1) is 10.9. The van der Waals surface area contributed by atoms with E-state index in [-0.39, 0.29) is 0 Å². The van der Waals surface area contributed by atoms with Crippen molar-refractivity contribution in [1.82, 2.24) is 10.4 Å². The van der Waals surface area contributed by atoms with Crippen molar-refractivity contribution in [2.45, 2.75) is 0 Å². The lowest BCUT2D eigenvalue weighted by molar-refractivity contribution is 0.603. The summed E-state index contributed by atoms with van der Waals surface area (Å²) in [5, 5.41) is 6.18. The van der Waals surface area contributed by atoms with Gasteiger partial charge in [0.15, 0.2) is 16.7 Å². The summed E-state index contributed by atoms with van der Waals surface area (Å²) < 4.78 is 5.82. The maximum absolute atomic E-state index is 5.82. The second-order valence-electron chi connectivity index (χ2n) is 4.71. The number of aromatic nitrogens is 1. The average Bonchev–Trinajstić information content (AvgIpc) is 3.00. The number of fused-ring (bicyclic) bond motifs is 1. The van der Waals surface area contributed by atoms with E-state index in [9.17, 15) is 0 Å². The van der Waals surface area contributed by atoms with Crippen molar-refractivity contribution in [3.8, 4) is 0 Å². The van der Waals surface area contributed by atoms with Gasteiger partial charge in [-0.25, -0.2) is 9.98 Å². The Morgan fingerprint density at radius 2 is 2.05 bits per heavy atom. The van der Waals surface area contributed by atoms with Crippen LogP contribution in [-0.4, -0.2) is 21.6 Å². The Hall–Kier alpha value is -2.60. The molecule has 22 heavy (non-hydrogen) atoms. The summed E-state index contributed by atoms with van der Waals surface area (Å²) in [6.07, 6.45) is 1.72. The average molecular weight is 308 g/mol. The minimum Gasteiger partial charge on any atom is -0.455 e. The topological polar surface area (TPSA) is 62.8 Å². The number of thioether (sulfide) groups is 1. The Morgan fingerprint density at radius 1 is 1.14 bits per heavy atom. The summed E-state index contributed by atoms with van der Waals surface area (Å²) in [6, 6.07) is 15.6. The fraction of sp³-hybridized carbons (Fsp3) is 0.0625. The minimum absolute atomic E-state index is 0.667. The third-order valence-corrected chi connectivity index (χ3v) is 4.08. The van der Waals surface area contributed by atoms with E-state index >= 15 is 0 Å². The van der Waals surface area contributed by atoms with Crippen molar-refractivity contribution in [3.05, 3.63) is 60.5 Å². The monoisotopic (exact) mass is 308 g/mol. The summed E-state index contributed by atoms with van der Waals surface area (Å²) in [6.45, 7) is 0. The zero-order valence-electron chi connectivity index (χ0n) is 11.6. The Balaban J connectivity index is 1.57. The zero-order chi connectivity index (χ0) is 14.8. The molecular weight excluding hydrogens is 296 g/mol. The lowest BCUT2D eigenvalue weighted by atomic mass is 10.2. The molecule has 108 valence electrons. The van der Waals surface area contributed by atoms with Gasteiger partial charge in [-0.1, -0.05) is 36.0 Å². The number of amidine groups is 1. The number of furan rings is 1. The molecule has 1 aliphatic rings. The summed E-state index contributed by atoms with van der Waals surface area (Å²) in [7, 11) is 0. The zero-order valence-corrected chi connectivity index (χ0v) is 12.4. The number of rotatable bonds is 2. The number of hydrazone groups is 1. The van der Waals surface area contributed by atoms with Gasteiger partial charge >= 0.3 is 0 Å². The number of pyridine rings is 1. The third kappa shape index (κ3) is 2.60. The van der Waals surface area contributed by atoms with E-state index in [2.05, 4.69) is 20.5 Å². The lowest BCUT2D eigenvalue weighted by Crippen LogP contribution is -2.24. The van der Waals surface area contributed by atoms with Crippen molar-refractivity contribution in [2.75, 3.05) is 5.75 Å². The molecule has 0 unspecified atom stereocenters. The van der Waals surface area contributed by atoms with Crippen LogP contribution in [0, 0.1) is 0 Å². The van der Waals surface area contributed by atoms with Crippen molar-refractivity contribution < 1.29 is 4.42 Å². The molecule has 4 rings (SSSR count). The van der Waals surface area contributed by atoms with Gasteiger partial charge in [0.2, 0.25) is 0 Å². The number of nitrogens with one attached hydrogen (secondary N) is 1. The smallest absolute Gasteiger partial charge is 0.184 e. The van der Waals surface area contributed by atoms with Crippen LogP contribution in [0.25, 0.3) is 11.0 Å². The van der Waals surface area contributed by atoms with Crippen molar-refractivity contribution in [2.24, 2.45) is 10.1 Å². The Morgan fingerprint density at radius 3 is 2.82 bits per heavy atom. The third-order valence-electron chi connectivity index (χ3n) is 3.21. The van der Waals surface area contributed by atoms with Gasteiger partial charge in [-0.3, -0.25) is 5.43 Å². The van der Waals surface area contributed by atoms with Crippen LogP contribution in [0.2, 0.25) is 0 Å². The second kappa shape index (κ2) is 5.65.